The molecule has 146 valence electrons. The normalized spacial score (nSPS) is 11.2. The lowest BCUT2D eigenvalue weighted by Gasteiger charge is -2.09. The molecule has 0 spiro atoms. The molecule has 2 heterocycles. The average molecular weight is 390 g/mol. The van der Waals surface area contributed by atoms with Gasteiger partial charge in [0.1, 0.15) is 5.82 Å². The first-order chi connectivity index (χ1) is 13.4. The van der Waals surface area contributed by atoms with E-state index in [4.69, 9.17) is 0 Å². The second-order valence-corrected chi connectivity index (χ2v) is 5.88. The summed E-state index contributed by atoms with van der Waals surface area (Å²) in [5, 5.41) is 17.8. The quantitative estimate of drug-likeness (QED) is 0.606. The number of benzene rings is 1. The van der Waals surface area contributed by atoms with Gasteiger partial charge in [0.25, 0.3) is 0 Å². The van der Waals surface area contributed by atoms with Crippen LogP contribution in [0.2, 0.25) is 0 Å². The zero-order valence-corrected chi connectivity index (χ0v) is 14.6. The Kier molecular flexibility index (Phi) is 5.87. The highest BCUT2D eigenvalue weighted by Gasteiger charge is 2.29. The molecule has 1 aromatic carbocycles. The standard InChI is InChI=1S/C18H17F3N6O/c19-18(20,21)14-4-2-13(3-5-14)12-17(28)23-10-9-22-15-6-7-16(26-25-15)27-11-1-8-24-27/h1-8,11H,9-10,12H2,(H,22,25)(H,23,28). The van der Waals surface area contributed by atoms with Crippen molar-refractivity contribution in [1.82, 2.24) is 25.3 Å². The average Bonchev–Trinajstić information content (AvgIpc) is 3.20. The molecule has 0 saturated carbocycles. The van der Waals surface area contributed by atoms with Crippen molar-refractivity contribution < 1.29 is 18.0 Å². The summed E-state index contributed by atoms with van der Waals surface area (Å²) in [7, 11) is 0. The van der Waals surface area contributed by atoms with Crippen molar-refractivity contribution in [3.63, 3.8) is 0 Å². The molecule has 28 heavy (non-hydrogen) atoms. The molecule has 0 aliphatic carbocycles. The number of halogens is 3. The monoisotopic (exact) mass is 390 g/mol. The van der Waals surface area contributed by atoms with Crippen molar-refractivity contribution in [2.24, 2.45) is 0 Å². The second-order valence-electron chi connectivity index (χ2n) is 5.88. The predicted octanol–water partition coefficient (Wildman–Crippen LogP) is 2.45. The summed E-state index contributed by atoms with van der Waals surface area (Å²) in [6.45, 7) is 0.761. The van der Waals surface area contributed by atoms with Crippen LogP contribution in [0.15, 0.2) is 54.9 Å². The Morgan fingerprint density at radius 1 is 1.04 bits per heavy atom. The minimum atomic E-state index is -4.38. The van der Waals surface area contributed by atoms with E-state index in [1.54, 1.807) is 35.3 Å². The maximum atomic E-state index is 12.5. The van der Waals surface area contributed by atoms with Crippen LogP contribution in [0.4, 0.5) is 19.0 Å². The van der Waals surface area contributed by atoms with Crippen molar-refractivity contribution in [1.29, 1.82) is 0 Å². The lowest BCUT2D eigenvalue weighted by Crippen LogP contribution is -2.30. The summed E-state index contributed by atoms with van der Waals surface area (Å²) < 4.78 is 39.1. The summed E-state index contributed by atoms with van der Waals surface area (Å²) in [6, 6.07) is 9.82. The number of carbonyl (C=O) groups excluding carboxylic acids is 1. The Labute approximate surface area is 158 Å². The summed E-state index contributed by atoms with van der Waals surface area (Å²) in [5.41, 5.74) is -0.223. The van der Waals surface area contributed by atoms with E-state index in [2.05, 4.69) is 25.9 Å². The van der Waals surface area contributed by atoms with Crippen molar-refractivity contribution in [3.8, 4) is 5.82 Å². The number of carbonyl (C=O) groups is 1. The number of nitrogens with zero attached hydrogens (tertiary/aromatic N) is 4. The molecule has 0 radical (unpaired) electrons. The van der Waals surface area contributed by atoms with Crippen LogP contribution >= 0.6 is 0 Å². The van der Waals surface area contributed by atoms with Crippen LogP contribution in [0, 0.1) is 0 Å². The van der Waals surface area contributed by atoms with Crippen LogP contribution in [-0.2, 0) is 17.4 Å². The molecule has 1 amide bonds. The second kappa shape index (κ2) is 8.51. The zero-order valence-electron chi connectivity index (χ0n) is 14.6. The number of alkyl halides is 3. The largest absolute Gasteiger partial charge is 0.416 e. The molecular formula is C18H17F3N6O. The first-order valence-electron chi connectivity index (χ1n) is 8.42. The van der Waals surface area contributed by atoms with Gasteiger partial charge in [-0.3, -0.25) is 4.79 Å². The van der Waals surface area contributed by atoms with Gasteiger partial charge in [-0.15, -0.1) is 10.2 Å². The fourth-order valence-electron chi connectivity index (χ4n) is 2.40. The molecule has 2 aromatic heterocycles. The van der Waals surface area contributed by atoms with E-state index >= 15 is 0 Å². The molecule has 0 bridgehead atoms. The number of hydrogen-bond donors (Lipinski definition) is 2. The Morgan fingerprint density at radius 3 is 2.43 bits per heavy atom. The summed E-state index contributed by atoms with van der Waals surface area (Å²) in [4.78, 5) is 11.9. The number of hydrogen-bond acceptors (Lipinski definition) is 5. The molecule has 0 saturated heterocycles. The Bertz CT molecular complexity index is 893. The molecule has 0 aliphatic heterocycles. The number of aromatic nitrogens is 4. The van der Waals surface area contributed by atoms with Gasteiger partial charge >= 0.3 is 6.18 Å². The fourth-order valence-corrected chi connectivity index (χ4v) is 2.40. The van der Waals surface area contributed by atoms with Gasteiger partial charge in [-0.1, -0.05) is 12.1 Å². The molecule has 0 fully saturated rings. The van der Waals surface area contributed by atoms with E-state index < -0.39 is 11.7 Å². The third kappa shape index (κ3) is 5.29. The van der Waals surface area contributed by atoms with Gasteiger partial charge in [0.2, 0.25) is 5.91 Å². The highest BCUT2D eigenvalue weighted by Crippen LogP contribution is 2.29. The molecule has 0 aliphatic rings. The molecule has 10 heteroatoms. The number of nitrogens with one attached hydrogen (secondary N) is 2. The van der Waals surface area contributed by atoms with Crippen molar-refractivity contribution in [2.75, 3.05) is 18.4 Å². The number of anilines is 1. The fraction of sp³-hybridized carbons (Fsp3) is 0.222. The Hall–Kier alpha value is -3.43. The molecular weight excluding hydrogens is 373 g/mol. The van der Waals surface area contributed by atoms with Gasteiger partial charge < -0.3 is 10.6 Å². The lowest BCUT2D eigenvalue weighted by atomic mass is 10.1. The minimum absolute atomic E-state index is 0.0104. The van der Waals surface area contributed by atoms with Gasteiger partial charge in [0, 0.05) is 25.5 Å². The van der Waals surface area contributed by atoms with Crippen molar-refractivity contribution >= 4 is 11.7 Å². The summed E-state index contributed by atoms with van der Waals surface area (Å²) in [5.74, 6) is 0.856. The smallest absolute Gasteiger partial charge is 0.367 e. The van der Waals surface area contributed by atoms with Crippen LogP contribution in [0.25, 0.3) is 5.82 Å². The molecule has 0 atom stereocenters. The lowest BCUT2D eigenvalue weighted by molar-refractivity contribution is -0.137. The highest BCUT2D eigenvalue weighted by atomic mass is 19.4. The molecule has 7 nitrogen and oxygen atoms in total. The third-order valence-electron chi connectivity index (χ3n) is 3.79. The van der Waals surface area contributed by atoms with Gasteiger partial charge in [0.15, 0.2) is 5.82 Å². The highest BCUT2D eigenvalue weighted by molar-refractivity contribution is 5.78. The minimum Gasteiger partial charge on any atom is -0.367 e. The topological polar surface area (TPSA) is 84.7 Å². The van der Waals surface area contributed by atoms with Gasteiger partial charge in [0.05, 0.1) is 12.0 Å². The van der Waals surface area contributed by atoms with Crippen molar-refractivity contribution in [2.45, 2.75) is 12.6 Å². The van der Waals surface area contributed by atoms with Crippen LogP contribution in [0.1, 0.15) is 11.1 Å². The van der Waals surface area contributed by atoms with E-state index in [9.17, 15) is 18.0 Å². The first kappa shape index (κ1) is 19.3. The van der Waals surface area contributed by atoms with Crippen LogP contribution in [0.3, 0.4) is 0 Å². The maximum absolute atomic E-state index is 12.5. The molecule has 3 rings (SSSR count). The Balaban J connectivity index is 1.39. The maximum Gasteiger partial charge on any atom is 0.416 e. The van der Waals surface area contributed by atoms with Crippen LogP contribution in [-0.4, -0.2) is 39.0 Å². The van der Waals surface area contributed by atoms with E-state index in [0.29, 0.717) is 30.3 Å². The number of amides is 1. The Morgan fingerprint density at radius 2 is 1.82 bits per heavy atom. The van der Waals surface area contributed by atoms with E-state index in [0.717, 1.165) is 12.1 Å². The molecule has 3 aromatic rings. The van der Waals surface area contributed by atoms with Gasteiger partial charge in [-0.05, 0) is 35.9 Å². The molecule has 2 N–H and O–H groups in total. The number of rotatable bonds is 7. The summed E-state index contributed by atoms with van der Waals surface area (Å²) in [6.07, 6.45) is -0.979. The van der Waals surface area contributed by atoms with Crippen LogP contribution in [0.5, 0.6) is 0 Å². The SMILES string of the molecule is O=C(Cc1ccc(C(F)(F)F)cc1)NCCNc1ccc(-n2cccn2)nn1. The van der Waals surface area contributed by atoms with Gasteiger partial charge in [-0.2, -0.15) is 18.3 Å². The van der Waals surface area contributed by atoms with E-state index in [1.165, 1.54) is 12.1 Å². The zero-order chi connectivity index (χ0) is 20.0. The first-order valence-corrected chi connectivity index (χ1v) is 8.42. The van der Waals surface area contributed by atoms with Gasteiger partial charge in [-0.25, -0.2) is 4.68 Å². The summed E-state index contributed by atoms with van der Waals surface area (Å²) >= 11 is 0. The third-order valence-corrected chi connectivity index (χ3v) is 3.79. The van der Waals surface area contributed by atoms with E-state index in [1.807, 2.05) is 0 Å². The molecule has 0 unspecified atom stereocenters. The van der Waals surface area contributed by atoms with Crippen LogP contribution < -0.4 is 10.6 Å². The predicted molar refractivity (Wildman–Crippen MR) is 95.8 cm³/mol. The van der Waals surface area contributed by atoms with E-state index in [-0.39, 0.29) is 12.3 Å². The van der Waals surface area contributed by atoms with Crippen molar-refractivity contribution in [3.05, 3.63) is 66.0 Å².